The van der Waals surface area contributed by atoms with Crippen LogP contribution in [-0.2, 0) is 9.53 Å². The molecule has 2 atom stereocenters. The van der Waals surface area contributed by atoms with Gasteiger partial charge in [-0.15, -0.1) is 0 Å². The minimum Gasteiger partial charge on any atom is -0.460 e. The fourth-order valence-electron chi connectivity index (χ4n) is 4.83. The molecule has 8 heteroatoms. The zero-order valence-electron chi connectivity index (χ0n) is 18.4. The summed E-state index contributed by atoms with van der Waals surface area (Å²) in [5.41, 5.74) is 0.558. The topological polar surface area (TPSA) is 77.3 Å². The lowest BCUT2D eigenvalue weighted by Gasteiger charge is -2.57. The Kier molecular flexibility index (Phi) is 5.81. The highest BCUT2D eigenvalue weighted by molar-refractivity contribution is 6.31. The Morgan fingerprint density at radius 2 is 1.87 bits per heavy atom. The van der Waals surface area contributed by atoms with Crippen molar-refractivity contribution in [1.82, 2.24) is 19.9 Å². The Hall–Kier alpha value is -2.41. The Morgan fingerprint density at radius 1 is 1.19 bits per heavy atom. The zero-order chi connectivity index (χ0) is 22.3. The largest absolute Gasteiger partial charge is 0.460 e. The van der Waals surface area contributed by atoms with Gasteiger partial charge in [-0.3, -0.25) is 9.59 Å². The van der Waals surface area contributed by atoms with Gasteiger partial charge < -0.3 is 9.64 Å². The lowest BCUT2D eigenvalue weighted by Crippen LogP contribution is -2.63. The Morgan fingerprint density at radius 3 is 2.52 bits per heavy atom. The summed E-state index contributed by atoms with van der Waals surface area (Å²) in [6.07, 6.45) is 6.04. The number of hydrogen-bond donors (Lipinski definition) is 0. The lowest BCUT2D eigenvalue weighted by atomic mass is 9.64. The number of ether oxygens (including phenoxy) is 1. The van der Waals surface area contributed by atoms with Crippen molar-refractivity contribution in [2.45, 2.75) is 71.1 Å². The molecule has 1 aromatic carbocycles. The van der Waals surface area contributed by atoms with E-state index in [9.17, 15) is 9.59 Å². The van der Waals surface area contributed by atoms with Crippen molar-refractivity contribution in [3.05, 3.63) is 41.2 Å². The minimum atomic E-state index is -0.515. The number of amides is 1. The summed E-state index contributed by atoms with van der Waals surface area (Å²) in [6.45, 7) is 7.78. The predicted octanol–water partition coefficient (Wildman–Crippen LogP) is 4.28. The number of halogens is 1. The van der Waals surface area contributed by atoms with E-state index in [0.29, 0.717) is 41.0 Å². The number of esters is 1. The van der Waals surface area contributed by atoms with Gasteiger partial charge in [0.05, 0.1) is 23.6 Å². The summed E-state index contributed by atoms with van der Waals surface area (Å²) >= 11 is 6.25. The molecule has 3 fully saturated rings. The average Bonchev–Trinajstić information content (AvgIpc) is 3.18. The number of benzene rings is 1. The molecule has 2 aromatic rings. The molecule has 1 saturated carbocycles. The minimum absolute atomic E-state index is 0.0186. The van der Waals surface area contributed by atoms with Gasteiger partial charge in [-0.2, -0.15) is 15.0 Å². The summed E-state index contributed by atoms with van der Waals surface area (Å²) < 4.78 is 5.49. The van der Waals surface area contributed by atoms with Gasteiger partial charge in [0.2, 0.25) is 0 Å². The molecule has 0 unspecified atom stereocenters. The summed E-state index contributed by atoms with van der Waals surface area (Å²) in [5.74, 6) is 0.612. The molecular weight excluding hydrogens is 416 g/mol. The quantitative estimate of drug-likeness (QED) is 0.643. The molecule has 2 aliphatic heterocycles. The van der Waals surface area contributed by atoms with E-state index >= 15 is 0 Å². The fourth-order valence-corrected chi connectivity index (χ4v) is 5.01. The molecule has 2 bridgehead atoms. The third-order valence-electron chi connectivity index (χ3n) is 6.37. The molecule has 1 aliphatic carbocycles. The van der Waals surface area contributed by atoms with Crippen molar-refractivity contribution in [2.75, 3.05) is 0 Å². The SMILES string of the molecule is C[C@@H]1C2CC(C2)N(C(=O)c2cc(Cl)ccc2-n2nccn2)[C@@H]1CCC(=O)OC(C)(C)C. The average molecular weight is 445 g/mol. The highest BCUT2D eigenvalue weighted by Gasteiger charge is 2.50. The molecule has 5 rings (SSSR count). The molecule has 31 heavy (non-hydrogen) atoms. The number of aromatic nitrogens is 3. The van der Waals surface area contributed by atoms with Gasteiger partial charge >= 0.3 is 5.97 Å². The van der Waals surface area contributed by atoms with E-state index in [4.69, 9.17) is 16.3 Å². The highest BCUT2D eigenvalue weighted by atomic mass is 35.5. The van der Waals surface area contributed by atoms with E-state index in [-0.39, 0.29) is 24.0 Å². The third-order valence-corrected chi connectivity index (χ3v) is 6.61. The first kappa shape index (κ1) is 21.8. The molecule has 3 heterocycles. The number of carbonyl (C=O) groups excluding carboxylic acids is 2. The summed E-state index contributed by atoms with van der Waals surface area (Å²) in [7, 11) is 0. The van der Waals surface area contributed by atoms with Crippen molar-refractivity contribution in [3.63, 3.8) is 0 Å². The molecule has 1 aromatic heterocycles. The second kappa shape index (κ2) is 8.26. The maximum Gasteiger partial charge on any atom is 0.306 e. The smallest absolute Gasteiger partial charge is 0.306 e. The van der Waals surface area contributed by atoms with Crippen molar-refractivity contribution in [1.29, 1.82) is 0 Å². The number of fused-ring (bicyclic) bond motifs is 2. The Bertz CT molecular complexity index is 964. The summed E-state index contributed by atoms with van der Waals surface area (Å²) in [4.78, 5) is 29.6. The maximum atomic E-state index is 13.8. The molecular formula is C23H29ClN4O3. The second-order valence-electron chi connectivity index (χ2n) is 9.63. The van der Waals surface area contributed by atoms with Gasteiger partial charge in [0.1, 0.15) is 5.60 Å². The van der Waals surface area contributed by atoms with E-state index < -0.39 is 5.60 Å². The predicted molar refractivity (Wildman–Crippen MR) is 117 cm³/mol. The lowest BCUT2D eigenvalue weighted by molar-refractivity contribution is -0.156. The van der Waals surface area contributed by atoms with Crippen LogP contribution in [0, 0.1) is 11.8 Å². The van der Waals surface area contributed by atoms with Crippen LogP contribution in [0.15, 0.2) is 30.6 Å². The molecule has 7 nitrogen and oxygen atoms in total. The van der Waals surface area contributed by atoms with Gasteiger partial charge in [-0.1, -0.05) is 18.5 Å². The Labute approximate surface area is 187 Å². The Balaban J connectivity index is 1.60. The standard InChI is InChI=1S/C23H29ClN4O3/c1-14-15-11-17(12-15)27(19(14)7-8-21(29)31-23(2,3)4)22(30)18-13-16(24)5-6-20(18)28-25-9-10-26-28/h5-6,9-10,13-15,17,19H,7-8,11-12H2,1-4H3/t14-,15?,17?,19-/m1/s1. The van der Waals surface area contributed by atoms with Crippen LogP contribution in [0.25, 0.3) is 5.69 Å². The van der Waals surface area contributed by atoms with Crippen LogP contribution < -0.4 is 0 Å². The van der Waals surface area contributed by atoms with Gasteiger partial charge in [0.25, 0.3) is 5.91 Å². The van der Waals surface area contributed by atoms with Crippen LogP contribution in [0.2, 0.25) is 5.02 Å². The summed E-state index contributed by atoms with van der Waals surface area (Å²) in [5, 5.41) is 8.87. The van der Waals surface area contributed by atoms with Crippen molar-refractivity contribution in [3.8, 4) is 5.69 Å². The highest BCUT2D eigenvalue weighted by Crippen LogP contribution is 2.48. The van der Waals surface area contributed by atoms with Crippen LogP contribution >= 0.6 is 11.6 Å². The van der Waals surface area contributed by atoms with Gasteiger partial charge in [-0.05, 0) is 70.1 Å². The first-order valence-electron chi connectivity index (χ1n) is 10.8. The monoisotopic (exact) mass is 444 g/mol. The molecule has 2 saturated heterocycles. The molecule has 1 amide bonds. The van der Waals surface area contributed by atoms with E-state index in [0.717, 1.165) is 12.8 Å². The van der Waals surface area contributed by atoms with Crippen molar-refractivity contribution in [2.24, 2.45) is 11.8 Å². The van der Waals surface area contributed by atoms with Gasteiger partial charge in [0, 0.05) is 23.5 Å². The maximum absolute atomic E-state index is 13.8. The van der Waals surface area contributed by atoms with Gasteiger partial charge in [-0.25, -0.2) is 0 Å². The second-order valence-corrected chi connectivity index (χ2v) is 10.1. The van der Waals surface area contributed by atoms with Crippen LogP contribution in [0.1, 0.15) is 63.7 Å². The third kappa shape index (κ3) is 4.47. The number of carbonyl (C=O) groups is 2. The molecule has 0 spiro atoms. The first-order chi connectivity index (χ1) is 14.6. The molecule has 3 aliphatic rings. The van der Waals surface area contributed by atoms with E-state index in [2.05, 4.69) is 17.1 Å². The number of piperidine rings is 2. The summed E-state index contributed by atoms with van der Waals surface area (Å²) in [6, 6.07) is 5.35. The van der Waals surface area contributed by atoms with Crippen molar-refractivity contribution >= 4 is 23.5 Å². The van der Waals surface area contributed by atoms with E-state index in [1.807, 2.05) is 25.7 Å². The van der Waals surface area contributed by atoms with E-state index in [1.54, 1.807) is 30.6 Å². The van der Waals surface area contributed by atoms with E-state index in [1.165, 1.54) is 4.80 Å². The van der Waals surface area contributed by atoms with Gasteiger partial charge in [0.15, 0.2) is 0 Å². The zero-order valence-corrected chi connectivity index (χ0v) is 19.2. The fraction of sp³-hybridized carbons (Fsp3) is 0.565. The number of hydrogen-bond acceptors (Lipinski definition) is 5. The van der Waals surface area contributed by atoms with Crippen LogP contribution in [0.5, 0.6) is 0 Å². The number of rotatable bonds is 5. The van der Waals surface area contributed by atoms with Crippen LogP contribution in [-0.4, -0.2) is 49.5 Å². The number of nitrogens with zero attached hydrogens (tertiary/aromatic N) is 4. The van der Waals surface area contributed by atoms with Crippen molar-refractivity contribution < 1.29 is 14.3 Å². The molecule has 0 N–H and O–H groups in total. The first-order valence-corrected chi connectivity index (χ1v) is 11.2. The van der Waals surface area contributed by atoms with Crippen LogP contribution in [0.3, 0.4) is 0 Å². The normalized spacial score (nSPS) is 25.1. The van der Waals surface area contributed by atoms with Crippen LogP contribution in [0.4, 0.5) is 0 Å². The molecule has 0 radical (unpaired) electrons. The molecule has 166 valence electrons.